The van der Waals surface area contributed by atoms with E-state index < -0.39 is 0 Å². The molecule has 3 heteroatoms. The van der Waals surface area contributed by atoms with Gasteiger partial charge in [-0.3, -0.25) is 4.90 Å². The summed E-state index contributed by atoms with van der Waals surface area (Å²) in [5, 5.41) is 10.5. The lowest BCUT2D eigenvalue weighted by Crippen LogP contribution is -2.46. The maximum absolute atomic E-state index is 10.5. The molecule has 0 radical (unpaired) electrons. The van der Waals surface area contributed by atoms with Crippen molar-refractivity contribution in [2.24, 2.45) is 5.92 Å². The Morgan fingerprint density at radius 1 is 1.18 bits per heavy atom. The van der Waals surface area contributed by atoms with E-state index in [0.29, 0.717) is 12.0 Å². The second-order valence-electron chi connectivity index (χ2n) is 5.65. The summed E-state index contributed by atoms with van der Waals surface area (Å²) in [7, 11) is 4.32. The second kappa shape index (κ2) is 7.34. The molecule has 0 aromatic rings. The first kappa shape index (κ1) is 14.9. The summed E-state index contributed by atoms with van der Waals surface area (Å²) >= 11 is 0. The predicted molar refractivity (Wildman–Crippen MR) is 73.2 cm³/mol. The monoisotopic (exact) mass is 242 g/mol. The second-order valence-corrected chi connectivity index (χ2v) is 5.65. The molecule has 3 nitrogen and oxygen atoms in total. The molecule has 0 aliphatic carbocycles. The van der Waals surface area contributed by atoms with Gasteiger partial charge in [-0.05, 0) is 45.9 Å². The van der Waals surface area contributed by atoms with Gasteiger partial charge in [-0.1, -0.05) is 26.7 Å². The summed E-state index contributed by atoms with van der Waals surface area (Å²) in [6.45, 7) is 7.71. The SMILES string of the molecule is CCC(CC)CC(O)C1CN(C)CCCN1C. The molecule has 0 aromatic heterocycles. The van der Waals surface area contributed by atoms with E-state index in [4.69, 9.17) is 0 Å². The van der Waals surface area contributed by atoms with Crippen LogP contribution in [0.5, 0.6) is 0 Å². The first-order valence-corrected chi connectivity index (χ1v) is 7.15. The van der Waals surface area contributed by atoms with Gasteiger partial charge < -0.3 is 10.0 Å². The summed E-state index contributed by atoms with van der Waals surface area (Å²) in [6, 6.07) is 0.308. The Labute approximate surface area is 107 Å². The van der Waals surface area contributed by atoms with Crippen LogP contribution in [0.3, 0.4) is 0 Å². The normalized spacial score (nSPS) is 26.1. The molecule has 17 heavy (non-hydrogen) atoms. The highest BCUT2D eigenvalue weighted by molar-refractivity contribution is 4.83. The van der Waals surface area contributed by atoms with Crippen molar-refractivity contribution in [3.8, 4) is 0 Å². The number of rotatable bonds is 5. The third-order valence-electron chi connectivity index (χ3n) is 4.29. The number of hydrogen-bond acceptors (Lipinski definition) is 3. The van der Waals surface area contributed by atoms with E-state index in [1.807, 2.05) is 0 Å². The maximum atomic E-state index is 10.5. The molecule has 102 valence electrons. The van der Waals surface area contributed by atoms with Crippen LogP contribution in [0.2, 0.25) is 0 Å². The molecule has 1 aliphatic heterocycles. The first-order valence-electron chi connectivity index (χ1n) is 7.15. The Morgan fingerprint density at radius 2 is 1.82 bits per heavy atom. The Morgan fingerprint density at radius 3 is 2.41 bits per heavy atom. The third-order valence-corrected chi connectivity index (χ3v) is 4.29. The van der Waals surface area contributed by atoms with Gasteiger partial charge in [-0.25, -0.2) is 0 Å². The topological polar surface area (TPSA) is 26.7 Å². The highest BCUT2D eigenvalue weighted by atomic mass is 16.3. The van der Waals surface area contributed by atoms with E-state index in [-0.39, 0.29) is 6.10 Å². The molecule has 0 amide bonds. The molecule has 1 fully saturated rings. The largest absolute Gasteiger partial charge is 0.391 e. The summed E-state index contributed by atoms with van der Waals surface area (Å²) in [5.74, 6) is 0.673. The van der Waals surface area contributed by atoms with Crippen molar-refractivity contribution in [2.75, 3.05) is 33.7 Å². The molecule has 0 aromatic carbocycles. The van der Waals surface area contributed by atoms with E-state index in [9.17, 15) is 5.11 Å². The molecule has 1 saturated heterocycles. The van der Waals surface area contributed by atoms with Gasteiger partial charge in [0.2, 0.25) is 0 Å². The number of aliphatic hydroxyl groups excluding tert-OH is 1. The third kappa shape index (κ3) is 4.57. The maximum Gasteiger partial charge on any atom is 0.0710 e. The first-order chi connectivity index (χ1) is 8.08. The van der Waals surface area contributed by atoms with Gasteiger partial charge in [0.05, 0.1) is 6.10 Å². The van der Waals surface area contributed by atoms with Crippen LogP contribution >= 0.6 is 0 Å². The van der Waals surface area contributed by atoms with Crippen LogP contribution in [-0.2, 0) is 0 Å². The van der Waals surface area contributed by atoms with Gasteiger partial charge in [-0.15, -0.1) is 0 Å². The Bertz CT molecular complexity index is 206. The van der Waals surface area contributed by atoms with E-state index in [0.717, 1.165) is 26.1 Å². The van der Waals surface area contributed by atoms with Gasteiger partial charge in [0.25, 0.3) is 0 Å². The lowest BCUT2D eigenvalue weighted by molar-refractivity contribution is 0.0393. The lowest BCUT2D eigenvalue weighted by Gasteiger charge is -2.33. The van der Waals surface area contributed by atoms with Gasteiger partial charge in [0, 0.05) is 12.6 Å². The summed E-state index contributed by atoms with van der Waals surface area (Å²) in [6.07, 6.45) is 4.35. The summed E-state index contributed by atoms with van der Waals surface area (Å²) in [5.41, 5.74) is 0. The number of likely N-dealkylation sites (N-methyl/N-ethyl adjacent to an activating group) is 2. The van der Waals surface area contributed by atoms with E-state index in [1.54, 1.807) is 0 Å². The van der Waals surface area contributed by atoms with Crippen molar-refractivity contribution in [1.29, 1.82) is 0 Å². The zero-order valence-corrected chi connectivity index (χ0v) is 12.0. The van der Waals surface area contributed by atoms with Crippen LogP contribution in [0.15, 0.2) is 0 Å². The van der Waals surface area contributed by atoms with E-state index in [1.165, 1.54) is 19.3 Å². The number of nitrogens with zero attached hydrogens (tertiary/aromatic N) is 2. The van der Waals surface area contributed by atoms with Gasteiger partial charge in [0.1, 0.15) is 0 Å². The van der Waals surface area contributed by atoms with Crippen molar-refractivity contribution >= 4 is 0 Å². The van der Waals surface area contributed by atoms with Crippen LogP contribution in [0, 0.1) is 5.92 Å². The zero-order valence-electron chi connectivity index (χ0n) is 12.0. The Balaban J connectivity index is 2.54. The van der Waals surface area contributed by atoms with Crippen molar-refractivity contribution in [3.63, 3.8) is 0 Å². The highest BCUT2D eigenvalue weighted by Crippen LogP contribution is 2.20. The molecule has 2 unspecified atom stereocenters. The quantitative estimate of drug-likeness (QED) is 0.796. The standard InChI is InChI=1S/C14H30N2O/c1-5-12(6-2)10-14(17)13-11-15(3)8-7-9-16(13)4/h12-14,17H,5-11H2,1-4H3. The molecule has 1 rings (SSSR count). The van der Waals surface area contributed by atoms with Crippen molar-refractivity contribution in [3.05, 3.63) is 0 Å². The fourth-order valence-corrected chi connectivity index (χ4v) is 2.84. The zero-order chi connectivity index (χ0) is 12.8. The Kier molecular flexibility index (Phi) is 6.45. The van der Waals surface area contributed by atoms with Gasteiger partial charge in [-0.2, -0.15) is 0 Å². The molecule has 1 N–H and O–H groups in total. The van der Waals surface area contributed by atoms with Crippen LogP contribution < -0.4 is 0 Å². The molecule has 2 atom stereocenters. The fraction of sp³-hybridized carbons (Fsp3) is 1.00. The fourth-order valence-electron chi connectivity index (χ4n) is 2.84. The molecular weight excluding hydrogens is 212 g/mol. The van der Waals surface area contributed by atoms with Crippen LogP contribution in [-0.4, -0.2) is 60.8 Å². The number of hydrogen-bond donors (Lipinski definition) is 1. The highest BCUT2D eigenvalue weighted by Gasteiger charge is 2.28. The predicted octanol–water partition coefficient (Wildman–Crippen LogP) is 1.81. The summed E-state index contributed by atoms with van der Waals surface area (Å²) in [4.78, 5) is 4.70. The Hall–Kier alpha value is -0.120. The number of aliphatic hydroxyl groups is 1. The van der Waals surface area contributed by atoms with Crippen LogP contribution in [0.1, 0.15) is 39.5 Å². The molecule has 0 bridgehead atoms. The van der Waals surface area contributed by atoms with Crippen LogP contribution in [0.4, 0.5) is 0 Å². The average Bonchev–Trinajstić information content (AvgIpc) is 2.48. The lowest BCUT2D eigenvalue weighted by atomic mass is 9.92. The van der Waals surface area contributed by atoms with E-state index >= 15 is 0 Å². The minimum Gasteiger partial charge on any atom is -0.391 e. The van der Waals surface area contributed by atoms with Crippen molar-refractivity contribution < 1.29 is 5.11 Å². The molecule has 1 aliphatic rings. The van der Waals surface area contributed by atoms with Gasteiger partial charge in [0.15, 0.2) is 0 Å². The minimum atomic E-state index is -0.176. The van der Waals surface area contributed by atoms with Gasteiger partial charge >= 0.3 is 0 Å². The smallest absolute Gasteiger partial charge is 0.0710 e. The molecule has 0 spiro atoms. The van der Waals surface area contributed by atoms with Crippen molar-refractivity contribution in [1.82, 2.24) is 9.80 Å². The summed E-state index contributed by atoms with van der Waals surface area (Å²) < 4.78 is 0. The molecular formula is C14H30N2O. The van der Waals surface area contributed by atoms with E-state index in [2.05, 4.69) is 37.7 Å². The average molecular weight is 242 g/mol. The van der Waals surface area contributed by atoms with Crippen LogP contribution in [0.25, 0.3) is 0 Å². The van der Waals surface area contributed by atoms with Crippen molar-refractivity contribution in [2.45, 2.75) is 51.7 Å². The molecule has 0 saturated carbocycles. The molecule has 1 heterocycles. The minimum absolute atomic E-state index is 0.176.